The van der Waals surface area contributed by atoms with E-state index in [1.54, 1.807) is 0 Å². The molecule has 0 bridgehead atoms. The third-order valence-corrected chi connectivity index (χ3v) is 5.91. The molecule has 4 aromatic rings. The lowest BCUT2D eigenvalue weighted by atomic mass is 10.0. The molecule has 1 atom stereocenters. The fourth-order valence-electron chi connectivity index (χ4n) is 4.24. The number of carbonyl (C=O) groups is 1. The summed E-state index contributed by atoms with van der Waals surface area (Å²) in [4.78, 5) is 15.4. The summed E-state index contributed by atoms with van der Waals surface area (Å²) in [6, 6.07) is 29.7. The lowest BCUT2D eigenvalue weighted by Crippen LogP contribution is -2.41. The van der Waals surface area contributed by atoms with Crippen LogP contribution in [-0.2, 0) is 13.1 Å². The Morgan fingerprint density at radius 3 is 2.58 bits per heavy atom. The van der Waals surface area contributed by atoms with Crippen molar-refractivity contribution in [2.24, 2.45) is 0 Å². The molecule has 1 aliphatic heterocycles. The van der Waals surface area contributed by atoms with Crippen LogP contribution in [0.4, 0.5) is 4.79 Å². The Hall–Kier alpha value is -3.50. The lowest BCUT2D eigenvalue weighted by Gasteiger charge is -2.31. The second kappa shape index (κ2) is 8.32. The summed E-state index contributed by atoms with van der Waals surface area (Å²) >= 11 is 6.34. The average molecular weight is 428 g/mol. The first-order chi connectivity index (χ1) is 15.2. The van der Waals surface area contributed by atoms with E-state index >= 15 is 0 Å². The second-order valence-corrected chi connectivity index (χ2v) is 8.10. The minimum Gasteiger partial charge on any atom is -0.334 e. The van der Waals surface area contributed by atoms with Gasteiger partial charge in [0, 0.05) is 23.5 Å². The molecule has 1 unspecified atom stereocenters. The highest BCUT2D eigenvalue weighted by atomic mass is 35.5. The predicted molar refractivity (Wildman–Crippen MR) is 123 cm³/mol. The smallest absolute Gasteiger partial charge is 0.318 e. The summed E-state index contributed by atoms with van der Waals surface area (Å²) in [7, 11) is 0. The van der Waals surface area contributed by atoms with Gasteiger partial charge in [-0.2, -0.15) is 0 Å². The molecule has 1 N–H and O–H groups in total. The topological polar surface area (TPSA) is 37.3 Å². The molecule has 0 fully saturated rings. The van der Waals surface area contributed by atoms with Gasteiger partial charge in [0.1, 0.15) is 0 Å². The van der Waals surface area contributed by atoms with Crippen LogP contribution in [0.2, 0.25) is 5.02 Å². The van der Waals surface area contributed by atoms with Crippen molar-refractivity contribution < 1.29 is 4.79 Å². The summed E-state index contributed by atoms with van der Waals surface area (Å²) in [6.07, 6.45) is 2.05. The molecule has 5 heteroatoms. The van der Waals surface area contributed by atoms with Gasteiger partial charge in [0.15, 0.2) is 0 Å². The Morgan fingerprint density at radius 1 is 0.935 bits per heavy atom. The van der Waals surface area contributed by atoms with E-state index in [0.29, 0.717) is 18.1 Å². The highest BCUT2D eigenvalue weighted by Crippen LogP contribution is 2.37. The zero-order chi connectivity index (χ0) is 21.2. The number of fused-ring (bicyclic) bond motifs is 3. The number of hydrogen-bond donors (Lipinski definition) is 1. The Labute approximate surface area is 186 Å². The first-order valence-corrected chi connectivity index (χ1v) is 10.7. The molecule has 4 nitrogen and oxygen atoms in total. The molecular formula is C26H22ClN3O. The fourth-order valence-corrected chi connectivity index (χ4v) is 4.44. The number of para-hydroxylation sites is 1. The van der Waals surface area contributed by atoms with Crippen LogP contribution in [-0.4, -0.2) is 15.5 Å². The zero-order valence-electron chi connectivity index (χ0n) is 16.9. The normalized spacial score (nSPS) is 15.0. The SMILES string of the molecule is O=C(NCc1ccccc1)N1Cc2ccccc2-n2cccc2C1c1cccc(Cl)c1. The third-order valence-electron chi connectivity index (χ3n) is 5.68. The lowest BCUT2D eigenvalue weighted by molar-refractivity contribution is 0.180. The van der Waals surface area contributed by atoms with Crippen LogP contribution in [0.1, 0.15) is 28.4 Å². The zero-order valence-corrected chi connectivity index (χ0v) is 17.7. The van der Waals surface area contributed by atoms with Gasteiger partial charge in [-0.15, -0.1) is 0 Å². The maximum absolute atomic E-state index is 13.5. The standard InChI is InChI=1S/C26H22ClN3O/c27-22-12-6-11-20(16-22)25-24-14-7-15-29(24)23-13-5-4-10-21(23)18-30(25)26(31)28-17-19-8-2-1-3-9-19/h1-16,25H,17-18H2,(H,28,31). The first kappa shape index (κ1) is 19.5. The van der Waals surface area contributed by atoms with Crippen LogP contribution in [0.5, 0.6) is 0 Å². The van der Waals surface area contributed by atoms with Crippen molar-refractivity contribution in [1.29, 1.82) is 0 Å². The largest absolute Gasteiger partial charge is 0.334 e. The number of benzene rings is 3. The Kier molecular flexibility index (Phi) is 5.23. The van der Waals surface area contributed by atoms with Gasteiger partial charge >= 0.3 is 6.03 Å². The Morgan fingerprint density at radius 2 is 1.74 bits per heavy atom. The molecule has 154 valence electrons. The molecule has 0 radical (unpaired) electrons. The minimum absolute atomic E-state index is 0.113. The van der Waals surface area contributed by atoms with Gasteiger partial charge in [-0.1, -0.05) is 72.3 Å². The van der Waals surface area contributed by atoms with Gasteiger partial charge in [0.05, 0.1) is 18.3 Å². The van der Waals surface area contributed by atoms with E-state index in [2.05, 4.69) is 34.3 Å². The second-order valence-electron chi connectivity index (χ2n) is 7.66. The van der Waals surface area contributed by atoms with Gasteiger partial charge in [-0.3, -0.25) is 0 Å². The van der Waals surface area contributed by atoms with Crippen LogP contribution < -0.4 is 5.32 Å². The van der Waals surface area contributed by atoms with Gasteiger partial charge in [0.25, 0.3) is 0 Å². The van der Waals surface area contributed by atoms with E-state index in [9.17, 15) is 4.79 Å². The number of rotatable bonds is 3. The molecule has 0 aliphatic carbocycles. The predicted octanol–water partition coefficient (Wildman–Crippen LogP) is 5.95. The molecule has 1 aliphatic rings. The number of halogens is 1. The van der Waals surface area contributed by atoms with Crippen molar-refractivity contribution in [3.05, 3.63) is 125 Å². The Balaban J connectivity index is 1.57. The van der Waals surface area contributed by atoms with Crippen molar-refractivity contribution in [2.75, 3.05) is 0 Å². The highest BCUT2D eigenvalue weighted by molar-refractivity contribution is 6.30. The maximum atomic E-state index is 13.5. The van der Waals surface area contributed by atoms with Gasteiger partial charge in [0.2, 0.25) is 0 Å². The molecule has 3 aromatic carbocycles. The van der Waals surface area contributed by atoms with Crippen molar-refractivity contribution in [3.63, 3.8) is 0 Å². The first-order valence-electron chi connectivity index (χ1n) is 10.3. The number of aromatic nitrogens is 1. The van der Waals surface area contributed by atoms with E-state index < -0.39 is 0 Å². The van der Waals surface area contributed by atoms with E-state index in [4.69, 9.17) is 11.6 Å². The van der Waals surface area contributed by atoms with E-state index in [0.717, 1.165) is 28.1 Å². The quantitative estimate of drug-likeness (QED) is 0.431. The molecule has 2 amide bonds. The summed E-state index contributed by atoms with van der Waals surface area (Å²) < 4.78 is 2.17. The van der Waals surface area contributed by atoms with Crippen molar-refractivity contribution in [1.82, 2.24) is 14.8 Å². The summed E-state index contributed by atoms with van der Waals surface area (Å²) in [6.45, 7) is 0.969. The van der Waals surface area contributed by atoms with Gasteiger partial charge in [-0.05, 0) is 47.0 Å². The highest BCUT2D eigenvalue weighted by Gasteiger charge is 2.32. The molecular weight excluding hydrogens is 406 g/mol. The van der Waals surface area contributed by atoms with Crippen LogP contribution in [0.15, 0.2) is 97.2 Å². The number of amides is 2. The van der Waals surface area contributed by atoms with Crippen LogP contribution in [0.25, 0.3) is 5.69 Å². The molecule has 2 heterocycles. The maximum Gasteiger partial charge on any atom is 0.318 e. The van der Waals surface area contributed by atoms with Crippen LogP contribution in [0.3, 0.4) is 0 Å². The van der Waals surface area contributed by atoms with Gasteiger partial charge < -0.3 is 14.8 Å². The van der Waals surface area contributed by atoms with Crippen molar-refractivity contribution >= 4 is 17.6 Å². The van der Waals surface area contributed by atoms with E-state index in [-0.39, 0.29) is 12.1 Å². The van der Waals surface area contributed by atoms with Crippen LogP contribution in [0, 0.1) is 0 Å². The summed E-state index contributed by atoms with van der Waals surface area (Å²) in [5, 5.41) is 3.76. The summed E-state index contributed by atoms with van der Waals surface area (Å²) in [5.41, 5.74) is 5.26. The van der Waals surface area contributed by atoms with Crippen LogP contribution >= 0.6 is 11.6 Å². The van der Waals surface area contributed by atoms with Crippen molar-refractivity contribution in [2.45, 2.75) is 19.1 Å². The number of carbonyl (C=O) groups excluding carboxylic acids is 1. The van der Waals surface area contributed by atoms with E-state index in [1.165, 1.54) is 0 Å². The molecule has 0 saturated carbocycles. The molecule has 1 aromatic heterocycles. The number of urea groups is 1. The number of nitrogens with one attached hydrogen (secondary N) is 1. The molecule has 0 spiro atoms. The molecule has 5 rings (SSSR count). The van der Waals surface area contributed by atoms with Gasteiger partial charge in [-0.25, -0.2) is 4.79 Å². The summed E-state index contributed by atoms with van der Waals surface area (Å²) in [5.74, 6) is 0. The monoisotopic (exact) mass is 427 g/mol. The fraction of sp³-hybridized carbons (Fsp3) is 0.115. The Bertz CT molecular complexity index is 1220. The van der Waals surface area contributed by atoms with Crippen molar-refractivity contribution in [3.8, 4) is 5.69 Å². The number of nitrogens with zero attached hydrogens (tertiary/aromatic N) is 2. The minimum atomic E-state index is -0.267. The van der Waals surface area contributed by atoms with E-state index in [1.807, 2.05) is 77.7 Å². The molecule has 31 heavy (non-hydrogen) atoms. The average Bonchev–Trinajstić information content (AvgIpc) is 3.22. The number of hydrogen-bond acceptors (Lipinski definition) is 1. The molecule has 0 saturated heterocycles. The third kappa shape index (κ3) is 3.82.